The van der Waals surface area contributed by atoms with Crippen LogP contribution in [0.4, 0.5) is 0 Å². The maximum atomic E-state index is 11.8. The maximum Gasteiger partial charge on any atom is 0.236 e. The molecule has 1 N–H and O–H groups in total. The van der Waals surface area contributed by atoms with Crippen molar-refractivity contribution in [2.24, 2.45) is 0 Å². The fraction of sp³-hybridized carbons (Fsp3) is 0.923. The topological polar surface area (TPSA) is 32.3 Å². The van der Waals surface area contributed by atoms with Crippen LogP contribution in [0.3, 0.4) is 0 Å². The number of rotatable bonds is 6. The first-order valence-electron chi connectivity index (χ1n) is 6.68. The Labute approximate surface area is 109 Å². The molecule has 4 heteroatoms. The number of carbonyl (C=O) groups is 1. The second kappa shape index (κ2) is 5.61. The standard InChI is InChI=1S/C13H24N2OS/c1-15(11-5-6-11)12(16)9-14-10-13(17-2)7-3-4-8-13/h11,14H,3-10H2,1-2H3. The van der Waals surface area contributed by atoms with Crippen LogP contribution in [0, 0.1) is 0 Å². The molecule has 2 aliphatic rings. The number of hydrogen-bond acceptors (Lipinski definition) is 3. The zero-order chi connectivity index (χ0) is 12.3. The van der Waals surface area contributed by atoms with Gasteiger partial charge in [0.2, 0.25) is 5.91 Å². The molecule has 0 radical (unpaired) electrons. The largest absolute Gasteiger partial charge is 0.342 e. The van der Waals surface area contributed by atoms with Crippen molar-refractivity contribution in [2.45, 2.75) is 49.3 Å². The Hall–Kier alpha value is -0.220. The highest BCUT2D eigenvalue weighted by Gasteiger charge is 2.33. The van der Waals surface area contributed by atoms with E-state index in [0.717, 1.165) is 6.54 Å². The van der Waals surface area contributed by atoms with Crippen LogP contribution in [-0.2, 0) is 4.79 Å². The van der Waals surface area contributed by atoms with E-state index in [4.69, 9.17) is 0 Å². The van der Waals surface area contributed by atoms with E-state index in [1.807, 2.05) is 23.7 Å². The van der Waals surface area contributed by atoms with E-state index >= 15 is 0 Å². The molecule has 17 heavy (non-hydrogen) atoms. The first-order chi connectivity index (χ1) is 8.17. The third-order valence-corrected chi connectivity index (χ3v) is 5.58. The molecule has 0 atom stereocenters. The van der Waals surface area contributed by atoms with Crippen molar-refractivity contribution in [1.82, 2.24) is 10.2 Å². The lowest BCUT2D eigenvalue weighted by Crippen LogP contribution is -2.42. The summed E-state index contributed by atoms with van der Waals surface area (Å²) in [6.45, 7) is 1.49. The molecule has 0 aromatic carbocycles. The van der Waals surface area contributed by atoms with Crippen LogP contribution in [0.25, 0.3) is 0 Å². The van der Waals surface area contributed by atoms with Gasteiger partial charge in [-0.25, -0.2) is 0 Å². The predicted molar refractivity (Wildman–Crippen MR) is 73.4 cm³/mol. The van der Waals surface area contributed by atoms with E-state index in [2.05, 4.69) is 11.6 Å². The lowest BCUT2D eigenvalue weighted by atomic mass is 10.1. The third kappa shape index (κ3) is 3.38. The molecule has 0 heterocycles. The number of likely N-dealkylation sites (N-methyl/N-ethyl adjacent to an activating group) is 1. The highest BCUT2D eigenvalue weighted by Crippen LogP contribution is 2.39. The Balaban J connectivity index is 1.69. The molecule has 0 unspecified atom stereocenters. The van der Waals surface area contributed by atoms with E-state index in [-0.39, 0.29) is 5.91 Å². The highest BCUT2D eigenvalue weighted by atomic mass is 32.2. The van der Waals surface area contributed by atoms with Crippen LogP contribution in [0.15, 0.2) is 0 Å². The summed E-state index contributed by atoms with van der Waals surface area (Å²) in [5.41, 5.74) is 0. The molecule has 2 aliphatic carbocycles. The molecule has 98 valence electrons. The van der Waals surface area contributed by atoms with E-state index in [1.165, 1.54) is 38.5 Å². The summed E-state index contributed by atoms with van der Waals surface area (Å²) >= 11 is 1.97. The molecule has 0 aromatic heterocycles. The van der Waals surface area contributed by atoms with Crippen LogP contribution < -0.4 is 5.32 Å². The number of thioether (sulfide) groups is 1. The van der Waals surface area contributed by atoms with Crippen LogP contribution in [-0.4, -0.2) is 48.0 Å². The van der Waals surface area contributed by atoms with Gasteiger partial charge in [0.05, 0.1) is 6.54 Å². The van der Waals surface area contributed by atoms with Gasteiger partial charge in [-0.05, 0) is 31.9 Å². The molecule has 0 aromatic rings. The minimum Gasteiger partial charge on any atom is -0.342 e. The molecule has 0 spiro atoms. The Kier molecular flexibility index (Phi) is 4.36. The van der Waals surface area contributed by atoms with Crippen LogP contribution in [0.5, 0.6) is 0 Å². The van der Waals surface area contributed by atoms with Gasteiger partial charge in [0.15, 0.2) is 0 Å². The number of amides is 1. The monoisotopic (exact) mass is 256 g/mol. The lowest BCUT2D eigenvalue weighted by molar-refractivity contribution is -0.129. The summed E-state index contributed by atoms with van der Waals surface area (Å²) in [5, 5.41) is 3.37. The van der Waals surface area contributed by atoms with Gasteiger partial charge in [-0.3, -0.25) is 4.79 Å². The quantitative estimate of drug-likeness (QED) is 0.787. The molecule has 1 amide bonds. The van der Waals surface area contributed by atoms with E-state index in [9.17, 15) is 4.79 Å². The van der Waals surface area contributed by atoms with Gasteiger partial charge >= 0.3 is 0 Å². The van der Waals surface area contributed by atoms with Crippen molar-refractivity contribution in [3.8, 4) is 0 Å². The van der Waals surface area contributed by atoms with Crippen molar-refractivity contribution in [3.63, 3.8) is 0 Å². The predicted octanol–water partition coefficient (Wildman–Crippen LogP) is 1.87. The molecule has 0 saturated heterocycles. The summed E-state index contributed by atoms with van der Waals surface area (Å²) < 4.78 is 0.401. The fourth-order valence-electron chi connectivity index (χ4n) is 2.66. The van der Waals surface area contributed by atoms with Gasteiger partial charge in [0.1, 0.15) is 0 Å². The highest BCUT2D eigenvalue weighted by molar-refractivity contribution is 8.00. The molecule has 2 fully saturated rings. The minimum atomic E-state index is 0.252. The van der Waals surface area contributed by atoms with Gasteiger partial charge in [0, 0.05) is 24.4 Å². The molecular weight excluding hydrogens is 232 g/mol. The SMILES string of the molecule is CSC1(CNCC(=O)N(C)C2CC2)CCCC1. The maximum absolute atomic E-state index is 11.8. The zero-order valence-corrected chi connectivity index (χ0v) is 11.8. The van der Waals surface area contributed by atoms with Gasteiger partial charge < -0.3 is 10.2 Å². The first kappa shape index (κ1) is 13.2. The number of nitrogens with one attached hydrogen (secondary N) is 1. The van der Waals surface area contributed by atoms with Crippen molar-refractivity contribution in [1.29, 1.82) is 0 Å². The van der Waals surface area contributed by atoms with Gasteiger partial charge in [0.25, 0.3) is 0 Å². The number of carbonyl (C=O) groups excluding carboxylic acids is 1. The molecule has 2 saturated carbocycles. The molecule has 3 nitrogen and oxygen atoms in total. The summed E-state index contributed by atoms with van der Waals surface area (Å²) in [7, 11) is 1.93. The van der Waals surface area contributed by atoms with E-state index in [0.29, 0.717) is 17.3 Å². The first-order valence-corrected chi connectivity index (χ1v) is 7.91. The summed E-state index contributed by atoms with van der Waals surface area (Å²) in [5.74, 6) is 0.252. The average Bonchev–Trinajstić information content (AvgIpc) is 3.08. The molecule has 2 rings (SSSR count). The second-order valence-electron chi connectivity index (χ2n) is 5.43. The number of hydrogen-bond donors (Lipinski definition) is 1. The smallest absolute Gasteiger partial charge is 0.236 e. The summed E-state index contributed by atoms with van der Waals surface area (Å²) in [6, 6.07) is 0.533. The summed E-state index contributed by atoms with van der Waals surface area (Å²) in [6.07, 6.45) is 9.87. The lowest BCUT2D eigenvalue weighted by Gasteiger charge is -2.27. The van der Waals surface area contributed by atoms with Crippen molar-refractivity contribution >= 4 is 17.7 Å². The normalized spacial score (nSPS) is 22.7. The molecule has 0 bridgehead atoms. The van der Waals surface area contributed by atoms with Gasteiger partial charge in [-0.15, -0.1) is 0 Å². The zero-order valence-electron chi connectivity index (χ0n) is 11.0. The van der Waals surface area contributed by atoms with Crippen LogP contribution in [0.1, 0.15) is 38.5 Å². The molecular formula is C13H24N2OS. The molecule has 0 aliphatic heterocycles. The van der Waals surface area contributed by atoms with Crippen LogP contribution in [0.2, 0.25) is 0 Å². The Morgan fingerprint density at radius 2 is 2.06 bits per heavy atom. The fourth-order valence-corrected chi connectivity index (χ4v) is 3.60. The van der Waals surface area contributed by atoms with E-state index in [1.54, 1.807) is 0 Å². The summed E-state index contributed by atoms with van der Waals surface area (Å²) in [4.78, 5) is 13.8. The van der Waals surface area contributed by atoms with Crippen molar-refractivity contribution < 1.29 is 4.79 Å². The average molecular weight is 256 g/mol. The van der Waals surface area contributed by atoms with Gasteiger partial charge in [-0.2, -0.15) is 11.8 Å². The minimum absolute atomic E-state index is 0.252. The Morgan fingerprint density at radius 1 is 1.41 bits per heavy atom. The third-order valence-electron chi connectivity index (χ3n) is 4.16. The van der Waals surface area contributed by atoms with Gasteiger partial charge in [-0.1, -0.05) is 12.8 Å². The van der Waals surface area contributed by atoms with Crippen LogP contribution >= 0.6 is 11.8 Å². The van der Waals surface area contributed by atoms with Crippen molar-refractivity contribution in [3.05, 3.63) is 0 Å². The van der Waals surface area contributed by atoms with Crippen molar-refractivity contribution in [2.75, 3.05) is 26.4 Å². The second-order valence-corrected chi connectivity index (χ2v) is 6.71. The number of nitrogens with zero attached hydrogens (tertiary/aromatic N) is 1. The Bertz CT molecular complexity index is 273. The Morgan fingerprint density at radius 3 is 2.59 bits per heavy atom. The van der Waals surface area contributed by atoms with E-state index < -0.39 is 0 Å².